The lowest BCUT2D eigenvalue weighted by Gasteiger charge is -2.34. The van der Waals surface area contributed by atoms with Gasteiger partial charge in [-0.25, -0.2) is 4.79 Å². The maximum Gasteiger partial charge on any atom is 0.414 e. The van der Waals surface area contributed by atoms with Crippen molar-refractivity contribution in [3.8, 4) is 0 Å². The molecule has 0 aliphatic carbocycles. The topological polar surface area (TPSA) is 58.6 Å². The lowest BCUT2D eigenvalue weighted by molar-refractivity contribution is -0.208. The average molecular weight is 299 g/mol. The monoisotopic (exact) mass is 299 g/mol. The minimum Gasteiger partial charge on any atom is -0.444 e. The molecule has 0 rings (SSSR count). The number of carbonyl (C=O) groups excluding carboxylic acids is 1. The van der Waals surface area contributed by atoms with Gasteiger partial charge in [0.25, 0.3) is 0 Å². The first kappa shape index (κ1) is 19.0. The third-order valence-electron chi connectivity index (χ3n) is 2.57. The van der Waals surface area contributed by atoms with Crippen molar-refractivity contribution < 1.29 is 27.8 Å². The zero-order valence-electron chi connectivity index (χ0n) is 12.8. The average Bonchev–Trinajstić information content (AvgIpc) is 2.09. The van der Waals surface area contributed by atoms with Crippen LogP contribution in [-0.4, -0.2) is 35.1 Å². The predicted octanol–water partition coefficient (Wildman–Crippen LogP) is 3.24. The van der Waals surface area contributed by atoms with Crippen LogP contribution in [0, 0.1) is 5.41 Å². The van der Waals surface area contributed by atoms with E-state index in [-0.39, 0.29) is 0 Å². The van der Waals surface area contributed by atoms with Crippen LogP contribution in [-0.2, 0) is 4.74 Å². The highest BCUT2D eigenvalue weighted by Crippen LogP contribution is 2.29. The van der Waals surface area contributed by atoms with E-state index in [0.717, 1.165) is 0 Å². The van der Waals surface area contributed by atoms with Crippen molar-refractivity contribution in [2.75, 3.05) is 0 Å². The smallest absolute Gasteiger partial charge is 0.414 e. The summed E-state index contributed by atoms with van der Waals surface area (Å²) in [4.78, 5) is 11.7. The summed E-state index contributed by atoms with van der Waals surface area (Å²) in [7, 11) is 0. The second kappa shape index (κ2) is 6.20. The maximum atomic E-state index is 12.4. The first-order chi connectivity index (χ1) is 8.63. The second-order valence-corrected chi connectivity index (χ2v) is 6.86. The Morgan fingerprint density at radius 2 is 1.60 bits per heavy atom. The van der Waals surface area contributed by atoms with Gasteiger partial charge in [-0.3, -0.25) is 0 Å². The number of hydrogen-bond donors (Lipinski definition) is 2. The highest BCUT2D eigenvalue weighted by molar-refractivity contribution is 5.68. The molecule has 0 aromatic heterocycles. The summed E-state index contributed by atoms with van der Waals surface area (Å²) in [5.41, 5.74) is -1.39. The number of aliphatic hydroxyl groups is 1. The minimum absolute atomic E-state index is 0.619. The van der Waals surface area contributed by atoms with Gasteiger partial charge in [0.15, 0.2) is 6.10 Å². The van der Waals surface area contributed by atoms with Gasteiger partial charge in [0.2, 0.25) is 0 Å². The second-order valence-electron chi connectivity index (χ2n) is 6.86. The van der Waals surface area contributed by atoms with Gasteiger partial charge in [0, 0.05) is 12.5 Å². The number of alkyl carbamates (subject to hydrolysis) is 1. The zero-order valence-corrected chi connectivity index (χ0v) is 12.8. The summed E-state index contributed by atoms with van der Waals surface area (Å²) in [6.07, 6.45) is -8.61. The number of ether oxygens (including phenoxy) is 1. The van der Waals surface area contributed by atoms with Crippen LogP contribution in [0.3, 0.4) is 0 Å². The number of halogens is 3. The number of rotatable bonds is 3. The molecule has 0 saturated heterocycles. The van der Waals surface area contributed by atoms with Gasteiger partial charge < -0.3 is 15.2 Å². The van der Waals surface area contributed by atoms with Gasteiger partial charge in [0.05, 0.1) is 0 Å². The Hall–Kier alpha value is -0.980. The molecule has 0 aliphatic rings. The van der Waals surface area contributed by atoms with Crippen LogP contribution >= 0.6 is 0 Å². The molecular formula is C13H24F3NO3. The van der Waals surface area contributed by atoms with Crippen molar-refractivity contribution in [3.05, 3.63) is 0 Å². The highest BCUT2D eigenvalue weighted by atomic mass is 19.4. The quantitative estimate of drug-likeness (QED) is 0.841. The van der Waals surface area contributed by atoms with Crippen LogP contribution in [0.25, 0.3) is 0 Å². The summed E-state index contributed by atoms with van der Waals surface area (Å²) in [5.74, 6) is 0. The standard InChI is InChI=1S/C13H24F3NO3/c1-11(2,3)8(7-9(18)13(14,15)16)17-10(19)20-12(4,5)6/h8-9,18H,7H2,1-6H3,(H,17,19). The van der Waals surface area contributed by atoms with Crippen LogP contribution in [0.15, 0.2) is 0 Å². The molecule has 120 valence electrons. The Morgan fingerprint density at radius 1 is 1.15 bits per heavy atom. The molecule has 2 unspecified atom stereocenters. The third kappa shape index (κ3) is 7.57. The molecule has 0 aliphatic heterocycles. The molecular weight excluding hydrogens is 275 g/mol. The molecule has 0 heterocycles. The fourth-order valence-corrected chi connectivity index (χ4v) is 1.44. The molecule has 0 fully saturated rings. The van der Waals surface area contributed by atoms with Gasteiger partial charge in [-0.15, -0.1) is 0 Å². The Kier molecular flexibility index (Phi) is 5.89. The molecule has 0 saturated carbocycles. The van der Waals surface area contributed by atoms with Gasteiger partial charge in [-0.1, -0.05) is 20.8 Å². The number of amides is 1. The Balaban J connectivity index is 4.81. The van der Waals surface area contributed by atoms with Crippen LogP contribution in [0.4, 0.5) is 18.0 Å². The number of nitrogens with one attached hydrogen (secondary N) is 1. The molecule has 0 spiro atoms. The molecule has 0 radical (unpaired) electrons. The van der Waals surface area contributed by atoms with Crippen molar-refractivity contribution >= 4 is 6.09 Å². The molecule has 0 aromatic rings. The molecule has 0 aromatic carbocycles. The normalized spacial score (nSPS) is 16.5. The van der Waals surface area contributed by atoms with Crippen LogP contribution in [0.1, 0.15) is 48.0 Å². The van der Waals surface area contributed by atoms with Crippen LogP contribution in [0.2, 0.25) is 0 Å². The summed E-state index contributed by atoms with van der Waals surface area (Å²) < 4.78 is 42.3. The van der Waals surface area contributed by atoms with E-state index in [2.05, 4.69) is 5.32 Å². The molecule has 2 atom stereocenters. The number of aliphatic hydroxyl groups excluding tert-OH is 1. The van der Waals surface area contributed by atoms with E-state index in [9.17, 15) is 18.0 Å². The van der Waals surface area contributed by atoms with Crippen LogP contribution in [0.5, 0.6) is 0 Å². The lowest BCUT2D eigenvalue weighted by atomic mass is 9.83. The Bertz CT molecular complexity index is 329. The van der Waals surface area contributed by atoms with Gasteiger partial charge >= 0.3 is 12.3 Å². The molecule has 7 heteroatoms. The van der Waals surface area contributed by atoms with E-state index in [0.29, 0.717) is 0 Å². The fraction of sp³-hybridized carbons (Fsp3) is 0.923. The molecule has 1 amide bonds. The van der Waals surface area contributed by atoms with E-state index < -0.39 is 41.9 Å². The van der Waals surface area contributed by atoms with Crippen LogP contribution < -0.4 is 5.32 Å². The first-order valence-electron chi connectivity index (χ1n) is 6.37. The number of alkyl halides is 3. The Labute approximate surface area is 117 Å². The van der Waals surface area contributed by atoms with E-state index in [1.165, 1.54) is 0 Å². The summed E-state index contributed by atoms with van der Waals surface area (Å²) in [6, 6.07) is -0.867. The first-order valence-corrected chi connectivity index (χ1v) is 6.37. The molecule has 4 nitrogen and oxygen atoms in total. The fourth-order valence-electron chi connectivity index (χ4n) is 1.44. The summed E-state index contributed by atoms with van der Waals surface area (Å²) >= 11 is 0. The Morgan fingerprint density at radius 3 is 1.90 bits per heavy atom. The number of hydrogen-bond acceptors (Lipinski definition) is 3. The van der Waals surface area contributed by atoms with E-state index >= 15 is 0 Å². The maximum absolute atomic E-state index is 12.4. The minimum atomic E-state index is -4.71. The highest BCUT2D eigenvalue weighted by Gasteiger charge is 2.42. The third-order valence-corrected chi connectivity index (χ3v) is 2.57. The van der Waals surface area contributed by atoms with Gasteiger partial charge in [0.1, 0.15) is 5.60 Å². The van der Waals surface area contributed by atoms with Crippen molar-refractivity contribution in [3.63, 3.8) is 0 Å². The van der Waals surface area contributed by atoms with Crippen molar-refractivity contribution in [1.29, 1.82) is 0 Å². The largest absolute Gasteiger partial charge is 0.444 e. The van der Waals surface area contributed by atoms with Crippen molar-refractivity contribution in [2.24, 2.45) is 5.41 Å². The van der Waals surface area contributed by atoms with Gasteiger partial charge in [-0.2, -0.15) is 13.2 Å². The lowest BCUT2D eigenvalue weighted by Crippen LogP contribution is -2.49. The van der Waals surface area contributed by atoms with Crippen molar-refractivity contribution in [2.45, 2.75) is 71.9 Å². The predicted molar refractivity (Wildman–Crippen MR) is 69.3 cm³/mol. The van der Waals surface area contributed by atoms with E-state index in [1.807, 2.05) is 0 Å². The molecule has 20 heavy (non-hydrogen) atoms. The zero-order chi connectivity index (χ0) is 16.4. The van der Waals surface area contributed by atoms with E-state index in [1.54, 1.807) is 41.5 Å². The SMILES string of the molecule is CC(C)(C)OC(=O)NC(CC(O)C(F)(F)F)C(C)(C)C. The molecule has 0 bridgehead atoms. The molecule has 2 N–H and O–H groups in total. The summed E-state index contributed by atoms with van der Waals surface area (Å²) in [5, 5.41) is 11.5. The van der Waals surface area contributed by atoms with Crippen molar-refractivity contribution in [1.82, 2.24) is 5.32 Å². The number of carbonyl (C=O) groups is 1. The van der Waals surface area contributed by atoms with E-state index in [4.69, 9.17) is 9.84 Å². The van der Waals surface area contributed by atoms with Gasteiger partial charge in [-0.05, 0) is 26.2 Å². The summed E-state index contributed by atoms with van der Waals surface area (Å²) in [6.45, 7) is 10.0.